The third kappa shape index (κ3) is 9.94. The highest BCUT2D eigenvalue weighted by Gasteiger charge is 2.32. The Balaban J connectivity index is 1.32. The highest BCUT2D eigenvalue weighted by molar-refractivity contribution is 7.99. The van der Waals surface area contributed by atoms with E-state index in [1.54, 1.807) is 23.4 Å². The Morgan fingerprint density at radius 1 is 0.878 bits per heavy atom. The molecule has 3 aromatic rings. The van der Waals surface area contributed by atoms with Crippen molar-refractivity contribution in [2.75, 3.05) is 5.75 Å². The third-order valence-electron chi connectivity index (χ3n) is 6.84. The number of aromatic nitrogens is 1. The van der Waals surface area contributed by atoms with Crippen LogP contribution in [0.2, 0.25) is 0 Å². The van der Waals surface area contributed by atoms with Gasteiger partial charge >= 0.3 is 0 Å². The Bertz CT molecular complexity index is 1230. The number of hydroxylamine groups is 1. The van der Waals surface area contributed by atoms with E-state index in [1.807, 2.05) is 66.7 Å². The molecule has 0 aliphatic carbocycles. The zero-order valence-corrected chi connectivity index (χ0v) is 23.7. The van der Waals surface area contributed by atoms with Crippen LogP contribution in [0.15, 0.2) is 78.0 Å². The fraction of sp³-hybridized carbons (Fsp3) is 0.387. The average molecular weight is 580 g/mol. The lowest BCUT2D eigenvalue weighted by atomic mass is 10.0. The fourth-order valence-electron chi connectivity index (χ4n) is 4.52. The minimum Gasteiger partial charge on any atom is -0.392 e. The van der Waals surface area contributed by atoms with Crippen molar-refractivity contribution >= 4 is 23.6 Å². The maximum Gasteiger partial charge on any atom is 0.243 e. The van der Waals surface area contributed by atoms with E-state index in [-0.39, 0.29) is 31.1 Å². The molecule has 1 saturated heterocycles. The largest absolute Gasteiger partial charge is 0.392 e. The number of thioether (sulfide) groups is 1. The first-order chi connectivity index (χ1) is 20.0. The van der Waals surface area contributed by atoms with Crippen molar-refractivity contribution in [2.24, 2.45) is 0 Å². The number of hydrogen-bond donors (Lipinski definition) is 4. The quantitative estimate of drug-likeness (QED) is 0.0911. The molecule has 0 saturated carbocycles. The summed E-state index contributed by atoms with van der Waals surface area (Å²) in [6.07, 6.45) is 4.42. The second-order valence-corrected chi connectivity index (χ2v) is 11.0. The summed E-state index contributed by atoms with van der Waals surface area (Å²) >= 11 is 1.66. The highest BCUT2D eigenvalue weighted by Crippen LogP contribution is 2.39. The minimum atomic E-state index is -0.544. The van der Waals surface area contributed by atoms with Gasteiger partial charge in [0.05, 0.1) is 23.8 Å². The number of unbranched alkanes of at least 4 members (excludes halogenated alkanes) is 2. The minimum absolute atomic E-state index is 0.000803. The van der Waals surface area contributed by atoms with Crippen molar-refractivity contribution in [1.82, 2.24) is 15.8 Å². The van der Waals surface area contributed by atoms with Gasteiger partial charge in [0.25, 0.3) is 0 Å². The Morgan fingerprint density at radius 2 is 1.59 bits per heavy atom. The molecule has 4 N–H and O–H groups in total. The summed E-state index contributed by atoms with van der Waals surface area (Å²) in [5.74, 6) is 0.289. The van der Waals surface area contributed by atoms with Crippen LogP contribution in [0, 0.1) is 0 Å². The van der Waals surface area contributed by atoms with Crippen LogP contribution in [-0.4, -0.2) is 39.0 Å². The summed E-state index contributed by atoms with van der Waals surface area (Å²) < 4.78 is 12.8. The van der Waals surface area contributed by atoms with Crippen molar-refractivity contribution in [3.63, 3.8) is 0 Å². The van der Waals surface area contributed by atoms with Crippen LogP contribution in [0.5, 0.6) is 0 Å². The number of amides is 2. The molecular weight excluding hydrogens is 542 g/mol. The molecule has 0 unspecified atom stereocenters. The van der Waals surface area contributed by atoms with Gasteiger partial charge in [-0.3, -0.25) is 14.8 Å². The number of carbonyl (C=O) groups excluding carboxylic acids is 2. The number of rotatable bonds is 14. The zero-order chi connectivity index (χ0) is 28.9. The second-order valence-electron chi connectivity index (χ2n) is 9.94. The van der Waals surface area contributed by atoms with E-state index in [2.05, 4.69) is 10.3 Å². The Kier molecular flexibility index (Phi) is 12.1. The van der Waals surface area contributed by atoms with Gasteiger partial charge in [-0.25, -0.2) is 10.5 Å². The predicted octanol–water partition coefficient (Wildman–Crippen LogP) is 4.98. The Hall–Kier alpha value is -3.28. The van der Waals surface area contributed by atoms with Gasteiger partial charge < -0.3 is 19.9 Å². The van der Waals surface area contributed by atoms with E-state index >= 15 is 0 Å². The van der Waals surface area contributed by atoms with Gasteiger partial charge in [0.1, 0.15) is 0 Å². The topological polar surface area (TPSA) is 130 Å². The van der Waals surface area contributed by atoms with E-state index in [1.165, 1.54) is 0 Å². The van der Waals surface area contributed by atoms with E-state index in [0.29, 0.717) is 32.2 Å². The smallest absolute Gasteiger partial charge is 0.243 e. The van der Waals surface area contributed by atoms with Gasteiger partial charge in [0, 0.05) is 43.3 Å². The summed E-state index contributed by atoms with van der Waals surface area (Å²) in [6, 6.07) is 21.6. The molecule has 1 aliphatic rings. The molecule has 1 aromatic heterocycles. The standard InChI is InChI=1S/C31H37N3O6S/c35-20-23-11-13-24(14-12-23)27-18-26(21-41-30-8-4-5-17-32-30)39-31(40-27)25-15-9-22(10-16-25)19-33-28(36)6-2-1-3-7-29(37)34-38/h4-5,8-17,26-27,31,35,38H,1-3,6-7,18-21H2,(H,33,36)(H,34,37)/t26-,27+,31+/m0/s1. The lowest BCUT2D eigenvalue weighted by molar-refractivity contribution is -0.245. The number of benzene rings is 2. The molecule has 0 spiro atoms. The Morgan fingerprint density at radius 3 is 2.27 bits per heavy atom. The first kappa shape index (κ1) is 30.7. The van der Waals surface area contributed by atoms with Gasteiger partial charge in [-0.2, -0.15) is 0 Å². The summed E-state index contributed by atoms with van der Waals surface area (Å²) in [6.45, 7) is 0.417. The fourth-order valence-corrected chi connectivity index (χ4v) is 5.40. The van der Waals surface area contributed by atoms with Crippen LogP contribution >= 0.6 is 11.8 Å². The molecular formula is C31H37N3O6S. The molecule has 218 valence electrons. The predicted molar refractivity (Wildman–Crippen MR) is 155 cm³/mol. The van der Waals surface area contributed by atoms with Gasteiger partial charge in [0.2, 0.25) is 11.8 Å². The van der Waals surface area contributed by atoms with Crippen LogP contribution in [0.25, 0.3) is 0 Å². The van der Waals surface area contributed by atoms with Crippen LogP contribution in [0.4, 0.5) is 0 Å². The molecule has 3 atom stereocenters. The van der Waals surface area contributed by atoms with Crippen LogP contribution < -0.4 is 10.8 Å². The molecule has 41 heavy (non-hydrogen) atoms. The molecule has 1 aliphatic heterocycles. The lowest BCUT2D eigenvalue weighted by Gasteiger charge is -2.36. The van der Waals surface area contributed by atoms with Crippen molar-refractivity contribution in [3.05, 3.63) is 95.2 Å². The second kappa shape index (κ2) is 16.2. The zero-order valence-electron chi connectivity index (χ0n) is 22.9. The van der Waals surface area contributed by atoms with E-state index in [4.69, 9.17) is 14.7 Å². The van der Waals surface area contributed by atoms with E-state index in [9.17, 15) is 14.7 Å². The van der Waals surface area contributed by atoms with E-state index in [0.717, 1.165) is 39.5 Å². The average Bonchev–Trinajstić information content (AvgIpc) is 3.03. The first-order valence-corrected chi connectivity index (χ1v) is 14.9. The molecule has 2 amide bonds. The van der Waals surface area contributed by atoms with Gasteiger partial charge in [0.15, 0.2) is 6.29 Å². The number of nitrogens with one attached hydrogen (secondary N) is 2. The van der Waals surface area contributed by atoms with Gasteiger partial charge in [-0.1, -0.05) is 61.0 Å². The molecule has 2 aromatic carbocycles. The van der Waals surface area contributed by atoms with E-state index < -0.39 is 12.2 Å². The van der Waals surface area contributed by atoms with Crippen LogP contribution in [0.1, 0.15) is 73.2 Å². The number of pyridine rings is 1. The SMILES string of the molecule is O=C(CCCCCC(=O)NCc1ccc([C@@H]2O[C@H](CSc3ccccn3)C[C@H](c3ccc(CO)cc3)O2)cc1)NO. The van der Waals surface area contributed by atoms with Crippen LogP contribution in [-0.2, 0) is 32.2 Å². The summed E-state index contributed by atoms with van der Waals surface area (Å²) in [5.41, 5.74) is 5.38. The van der Waals surface area contributed by atoms with Gasteiger partial charge in [-0.15, -0.1) is 11.8 Å². The molecule has 2 heterocycles. The molecule has 9 nitrogen and oxygen atoms in total. The highest BCUT2D eigenvalue weighted by atomic mass is 32.2. The van der Waals surface area contributed by atoms with Crippen molar-refractivity contribution in [3.8, 4) is 0 Å². The molecule has 0 radical (unpaired) electrons. The van der Waals surface area contributed by atoms with Crippen LogP contribution in [0.3, 0.4) is 0 Å². The number of aliphatic hydroxyl groups excluding tert-OH is 1. The van der Waals surface area contributed by atoms with Crippen molar-refractivity contribution in [2.45, 2.75) is 75.2 Å². The van der Waals surface area contributed by atoms with Gasteiger partial charge in [-0.05, 0) is 41.7 Å². The lowest BCUT2D eigenvalue weighted by Crippen LogP contribution is -2.31. The first-order valence-electron chi connectivity index (χ1n) is 13.9. The summed E-state index contributed by atoms with van der Waals surface area (Å²) in [4.78, 5) is 27.6. The number of ether oxygens (including phenoxy) is 2. The normalized spacial score (nSPS) is 18.5. The maximum absolute atomic E-state index is 12.2. The number of carbonyl (C=O) groups is 2. The van der Waals surface area contributed by atoms with Crippen molar-refractivity contribution in [1.29, 1.82) is 0 Å². The summed E-state index contributed by atoms with van der Waals surface area (Å²) in [5, 5.41) is 21.8. The number of nitrogens with zero attached hydrogens (tertiary/aromatic N) is 1. The Labute approximate surface area is 244 Å². The van der Waals surface area contributed by atoms with Crippen molar-refractivity contribution < 1.29 is 29.4 Å². The maximum atomic E-state index is 12.2. The number of hydrogen-bond acceptors (Lipinski definition) is 8. The molecule has 4 rings (SSSR count). The summed E-state index contributed by atoms with van der Waals surface area (Å²) in [7, 11) is 0. The molecule has 10 heteroatoms. The number of aliphatic hydroxyl groups is 1. The third-order valence-corrected chi connectivity index (χ3v) is 7.92. The monoisotopic (exact) mass is 579 g/mol. The molecule has 1 fully saturated rings. The molecule has 0 bridgehead atoms.